The van der Waals surface area contributed by atoms with Crippen molar-refractivity contribution in [2.45, 2.75) is 25.2 Å². The maximum absolute atomic E-state index is 11.8. The van der Waals surface area contributed by atoms with Gasteiger partial charge in [-0.3, -0.25) is 4.79 Å². The number of ether oxygens (including phenoxy) is 1. The molecule has 1 aromatic carbocycles. The minimum absolute atomic E-state index is 0.276. The van der Waals surface area contributed by atoms with E-state index in [-0.39, 0.29) is 13.2 Å². The van der Waals surface area contributed by atoms with E-state index in [0.717, 1.165) is 0 Å². The van der Waals surface area contributed by atoms with Gasteiger partial charge in [0, 0.05) is 12.5 Å². The molecule has 1 saturated heterocycles. The SMILES string of the molecule is CCOC(=O)[C@H]1NCC(O)C1C(O)c1ccccc1. The molecule has 0 aliphatic carbocycles. The molecule has 1 aliphatic heterocycles. The summed E-state index contributed by atoms with van der Waals surface area (Å²) in [7, 11) is 0. The Morgan fingerprint density at radius 2 is 2.16 bits per heavy atom. The van der Waals surface area contributed by atoms with Crippen molar-refractivity contribution in [3.63, 3.8) is 0 Å². The van der Waals surface area contributed by atoms with Crippen molar-refractivity contribution >= 4 is 5.97 Å². The van der Waals surface area contributed by atoms with Gasteiger partial charge < -0.3 is 20.3 Å². The summed E-state index contributed by atoms with van der Waals surface area (Å²) in [6, 6.07) is 8.35. The Hall–Kier alpha value is -1.43. The molecule has 0 saturated carbocycles. The smallest absolute Gasteiger partial charge is 0.323 e. The van der Waals surface area contributed by atoms with Gasteiger partial charge in [-0.2, -0.15) is 0 Å². The first-order valence-electron chi connectivity index (χ1n) is 6.46. The van der Waals surface area contributed by atoms with Crippen LogP contribution in [0.4, 0.5) is 0 Å². The number of nitrogens with one attached hydrogen (secondary N) is 1. The van der Waals surface area contributed by atoms with Crippen molar-refractivity contribution in [2.24, 2.45) is 5.92 Å². The van der Waals surface area contributed by atoms with Gasteiger partial charge in [-0.15, -0.1) is 0 Å². The molecule has 3 unspecified atom stereocenters. The van der Waals surface area contributed by atoms with E-state index >= 15 is 0 Å². The number of benzene rings is 1. The molecular weight excluding hydrogens is 246 g/mol. The fourth-order valence-corrected chi connectivity index (χ4v) is 2.48. The lowest BCUT2D eigenvalue weighted by Gasteiger charge is -2.25. The predicted octanol–water partition coefficient (Wildman–Crippen LogP) is 0.232. The van der Waals surface area contributed by atoms with E-state index in [9.17, 15) is 15.0 Å². The van der Waals surface area contributed by atoms with Gasteiger partial charge in [0.25, 0.3) is 0 Å². The number of aliphatic hydroxyl groups is 2. The van der Waals surface area contributed by atoms with E-state index in [2.05, 4.69) is 5.32 Å². The van der Waals surface area contributed by atoms with Crippen LogP contribution in [-0.2, 0) is 9.53 Å². The highest BCUT2D eigenvalue weighted by Gasteiger charge is 2.44. The molecule has 5 nitrogen and oxygen atoms in total. The van der Waals surface area contributed by atoms with Crippen LogP contribution < -0.4 is 5.32 Å². The number of rotatable bonds is 4. The highest BCUT2D eigenvalue weighted by Crippen LogP contribution is 2.31. The summed E-state index contributed by atoms with van der Waals surface area (Å²) in [6.07, 6.45) is -1.68. The zero-order chi connectivity index (χ0) is 13.8. The summed E-state index contributed by atoms with van der Waals surface area (Å²) in [6.45, 7) is 2.28. The maximum Gasteiger partial charge on any atom is 0.323 e. The van der Waals surface area contributed by atoms with Gasteiger partial charge in [-0.1, -0.05) is 30.3 Å². The standard InChI is InChI=1S/C14H19NO4/c1-2-19-14(18)12-11(10(16)8-15-12)13(17)9-6-4-3-5-7-9/h3-7,10-13,15-17H,2,8H2,1H3/t10?,11?,12-,13?/m0/s1. The maximum atomic E-state index is 11.8. The van der Waals surface area contributed by atoms with Crippen LogP contribution in [0.3, 0.4) is 0 Å². The molecule has 0 spiro atoms. The third-order valence-corrected chi connectivity index (χ3v) is 3.42. The first-order valence-corrected chi connectivity index (χ1v) is 6.46. The first kappa shape index (κ1) is 14.0. The molecule has 0 aromatic heterocycles. The lowest BCUT2D eigenvalue weighted by molar-refractivity contribution is -0.148. The van der Waals surface area contributed by atoms with E-state index in [1.807, 2.05) is 18.2 Å². The van der Waals surface area contributed by atoms with Crippen molar-refractivity contribution in [3.8, 4) is 0 Å². The Morgan fingerprint density at radius 3 is 2.79 bits per heavy atom. The zero-order valence-electron chi connectivity index (χ0n) is 10.8. The zero-order valence-corrected chi connectivity index (χ0v) is 10.8. The van der Waals surface area contributed by atoms with E-state index in [1.54, 1.807) is 19.1 Å². The van der Waals surface area contributed by atoms with Crippen LogP contribution in [0, 0.1) is 5.92 Å². The van der Waals surface area contributed by atoms with Gasteiger partial charge >= 0.3 is 5.97 Å². The van der Waals surface area contributed by atoms with Crippen LogP contribution in [0.2, 0.25) is 0 Å². The molecule has 0 amide bonds. The van der Waals surface area contributed by atoms with E-state index in [1.165, 1.54) is 0 Å². The van der Waals surface area contributed by atoms with Gasteiger partial charge in [-0.05, 0) is 12.5 Å². The molecule has 3 N–H and O–H groups in total. The Balaban J connectivity index is 2.17. The second-order valence-corrected chi connectivity index (χ2v) is 4.64. The minimum Gasteiger partial charge on any atom is -0.465 e. The van der Waals surface area contributed by atoms with E-state index < -0.39 is 30.1 Å². The largest absolute Gasteiger partial charge is 0.465 e. The van der Waals surface area contributed by atoms with Crippen molar-refractivity contribution < 1.29 is 19.7 Å². The van der Waals surface area contributed by atoms with Crippen molar-refractivity contribution in [1.82, 2.24) is 5.32 Å². The molecule has 1 aromatic rings. The normalized spacial score (nSPS) is 28.1. The number of β-amino-alcohol motifs (C(OH)–C–C–N with tert-alkyl or cyclic N) is 1. The highest BCUT2D eigenvalue weighted by atomic mass is 16.5. The monoisotopic (exact) mass is 265 g/mol. The van der Waals surface area contributed by atoms with Crippen molar-refractivity contribution in [2.75, 3.05) is 13.2 Å². The molecule has 4 atom stereocenters. The second-order valence-electron chi connectivity index (χ2n) is 4.64. The van der Waals surface area contributed by atoms with Crippen LogP contribution in [0.15, 0.2) is 30.3 Å². The summed E-state index contributed by atoms with van der Waals surface area (Å²) < 4.78 is 4.97. The summed E-state index contributed by atoms with van der Waals surface area (Å²) in [4.78, 5) is 11.8. The molecule has 1 fully saturated rings. The Labute approximate surface area is 112 Å². The number of esters is 1. The number of carbonyl (C=O) groups is 1. The fourth-order valence-electron chi connectivity index (χ4n) is 2.48. The van der Waals surface area contributed by atoms with Crippen LogP contribution in [0.25, 0.3) is 0 Å². The van der Waals surface area contributed by atoms with Gasteiger partial charge in [0.2, 0.25) is 0 Å². The van der Waals surface area contributed by atoms with Crippen LogP contribution in [0.1, 0.15) is 18.6 Å². The second kappa shape index (κ2) is 6.14. The van der Waals surface area contributed by atoms with Gasteiger partial charge in [-0.25, -0.2) is 0 Å². The highest BCUT2D eigenvalue weighted by molar-refractivity contribution is 5.77. The molecule has 0 bridgehead atoms. The number of hydrogen-bond donors (Lipinski definition) is 3. The van der Waals surface area contributed by atoms with Crippen LogP contribution in [-0.4, -0.2) is 41.5 Å². The molecule has 1 aliphatic rings. The van der Waals surface area contributed by atoms with E-state index in [4.69, 9.17) is 4.74 Å². The molecule has 1 heterocycles. The molecule has 19 heavy (non-hydrogen) atoms. The quantitative estimate of drug-likeness (QED) is 0.679. The lowest BCUT2D eigenvalue weighted by atomic mass is 9.88. The molecule has 2 rings (SSSR count). The van der Waals surface area contributed by atoms with Gasteiger partial charge in [0.15, 0.2) is 0 Å². The van der Waals surface area contributed by atoms with Crippen LogP contribution in [0.5, 0.6) is 0 Å². The lowest BCUT2D eigenvalue weighted by Crippen LogP contribution is -2.40. The van der Waals surface area contributed by atoms with E-state index in [0.29, 0.717) is 5.56 Å². The predicted molar refractivity (Wildman–Crippen MR) is 69.3 cm³/mol. The average Bonchev–Trinajstić information content (AvgIpc) is 2.81. The first-order chi connectivity index (χ1) is 9.15. The Morgan fingerprint density at radius 1 is 1.47 bits per heavy atom. The molecular formula is C14H19NO4. The summed E-state index contributed by atoms with van der Waals surface area (Å²) in [5.41, 5.74) is 0.685. The minimum atomic E-state index is -0.902. The molecule has 0 radical (unpaired) electrons. The average molecular weight is 265 g/mol. The van der Waals surface area contributed by atoms with Gasteiger partial charge in [0.1, 0.15) is 6.04 Å². The molecule has 104 valence electrons. The number of aliphatic hydroxyl groups excluding tert-OH is 2. The summed E-state index contributed by atoms with van der Waals surface area (Å²) in [5, 5.41) is 23.3. The molecule has 5 heteroatoms. The third-order valence-electron chi connectivity index (χ3n) is 3.42. The topological polar surface area (TPSA) is 78.8 Å². The van der Waals surface area contributed by atoms with Crippen molar-refractivity contribution in [3.05, 3.63) is 35.9 Å². The third kappa shape index (κ3) is 2.94. The van der Waals surface area contributed by atoms with Crippen LogP contribution >= 0.6 is 0 Å². The number of carbonyl (C=O) groups excluding carboxylic acids is 1. The Bertz CT molecular complexity index is 423. The Kier molecular flexibility index (Phi) is 4.52. The number of hydrogen-bond acceptors (Lipinski definition) is 5. The van der Waals surface area contributed by atoms with Crippen molar-refractivity contribution in [1.29, 1.82) is 0 Å². The van der Waals surface area contributed by atoms with Gasteiger partial charge in [0.05, 0.1) is 18.8 Å². The summed E-state index contributed by atoms with van der Waals surface area (Å²) in [5.74, 6) is -1.03. The fraction of sp³-hybridized carbons (Fsp3) is 0.500. The summed E-state index contributed by atoms with van der Waals surface area (Å²) >= 11 is 0.